The van der Waals surface area contributed by atoms with Gasteiger partial charge in [0, 0.05) is 18.0 Å². The first-order valence-corrected chi connectivity index (χ1v) is 8.97. The fraction of sp³-hybridized carbons (Fsp3) is 0.0625. The monoisotopic (exact) mass is 392 g/mol. The van der Waals surface area contributed by atoms with Gasteiger partial charge in [-0.25, -0.2) is 17.4 Å². The minimum Gasteiger partial charge on any atom is -0.507 e. The predicted molar refractivity (Wildman–Crippen MR) is 90.8 cm³/mol. The highest BCUT2D eigenvalue weighted by Crippen LogP contribution is 2.30. The van der Waals surface area contributed by atoms with Crippen molar-refractivity contribution >= 4 is 26.0 Å². The predicted octanol–water partition coefficient (Wildman–Crippen LogP) is 3.56. The first-order chi connectivity index (χ1) is 10.9. The number of hydrogen-bond acceptors (Lipinski definition) is 4. The lowest BCUT2D eigenvalue weighted by atomic mass is 10.2. The highest BCUT2D eigenvalue weighted by molar-refractivity contribution is 9.10. The van der Waals surface area contributed by atoms with E-state index in [1.54, 1.807) is 36.4 Å². The van der Waals surface area contributed by atoms with Crippen LogP contribution in [0.1, 0.15) is 5.56 Å². The number of aryl methyl sites for hydroxylation is 1. The van der Waals surface area contributed by atoms with Crippen molar-refractivity contribution in [2.24, 2.45) is 0 Å². The van der Waals surface area contributed by atoms with Crippen LogP contribution in [0.5, 0.6) is 5.75 Å². The molecule has 3 rings (SSSR count). The Bertz CT molecular complexity index is 963. The molecule has 118 valence electrons. The molecule has 0 aliphatic heterocycles. The lowest BCUT2D eigenvalue weighted by Crippen LogP contribution is -2.13. The Morgan fingerprint density at radius 1 is 1.13 bits per heavy atom. The van der Waals surface area contributed by atoms with Gasteiger partial charge in [0.1, 0.15) is 5.75 Å². The molecular weight excluding hydrogens is 380 g/mol. The van der Waals surface area contributed by atoms with Gasteiger partial charge in [-0.05, 0) is 53.2 Å². The zero-order valence-electron chi connectivity index (χ0n) is 12.1. The van der Waals surface area contributed by atoms with Crippen LogP contribution in [0.4, 0.5) is 0 Å². The molecule has 0 saturated heterocycles. The van der Waals surface area contributed by atoms with Gasteiger partial charge in [0.25, 0.3) is 10.0 Å². The fourth-order valence-corrected chi connectivity index (χ4v) is 3.84. The van der Waals surface area contributed by atoms with Gasteiger partial charge in [0.15, 0.2) is 5.82 Å². The third-order valence-electron chi connectivity index (χ3n) is 3.39. The fourth-order valence-electron chi connectivity index (χ4n) is 2.16. The zero-order chi connectivity index (χ0) is 16.6. The summed E-state index contributed by atoms with van der Waals surface area (Å²) in [5.74, 6) is 0.361. The molecule has 0 atom stereocenters. The Balaban J connectivity index is 2.13. The van der Waals surface area contributed by atoms with Gasteiger partial charge >= 0.3 is 0 Å². The van der Waals surface area contributed by atoms with Gasteiger partial charge < -0.3 is 5.11 Å². The molecule has 0 spiro atoms. The molecular formula is C16H13BrN2O3S. The van der Waals surface area contributed by atoms with E-state index in [1.165, 1.54) is 18.5 Å². The van der Waals surface area contributed by atoms with Crippen LogP contribution in [0.15, 0.2) is 64.2 Å². The molecule has 0 amide bonds. The van der Waals surface area contributed by atoms with Crippen LogP contribution in [0.3, 0.4) is 0 Å². The normalized spacial score (nSPS) is 11.6. The van der Waals surface area contributed by atoms with Crippen molar-refractivity contribution in [2.45, 2.75) is 11.8 Å². The Hall–Kier alpha value is -2.12. The summed E-state index contributed by atoms with van der Waals surface area (Å²) in [5.41, 5.74) is 1.56. The number of benzene rings is 2. The Kier molecular flexibility index (Phi) is 3.99. The molecule has 1 N–H and O–H groups in total. The molecule has 1 aromatic heterocycles. The number of aromatic nitrogens is 2. The number of aromatic hydroxyl groups is 1. The van der Waals surface area contributed by atoms with Crippen molar-refractivity contribution in [1.82, 2.24) is 8.96 Å². The third-order valence-corrected chi connectivity index (χ3v) is 5.71. The molecule has 0 bridgehead atoms. The molecule has 5 nitrogen and oxygen atoms in total. The first-order valence-electron chi connectivity index (χ1n) is 6.74. The van der Waals surface area contributed by atoms with E-state index in [2.05, 4.69) is 20.9 Å². The second kappa shape index (κ2) is 5.82. The van der Waals surface area contributed by atoms with Crippen LogP contribution in [-0.4, -0.2) is 22.5 Å². The summed E-state index contributed by atoms with van der Waals surface area (Å²) in [7, 11) is -3.74. The zero-order valence-corrected chi connectivity index (χ0v) is 14.5. The van der Waals surface area contributed by atoms with Crippen LogP contribution in [0.25, 0.3) is 11.4 Å². The number of phenolic OH excluding ortho intramolecular Hbond substituents is 1. The summed E-state index contributed by atoms with van der Waals surface area (Å²) in [6, 6.07) is 11.4. The highest BCUT2D eigenvalue weighted by Gasteiger charge is 2.21. The van der Waals surface area contributed by atoms with Crippen LogP contribution < -0.4 is 0 Å². The van der Waals surface area contributed by atoms with Crippen LogP contribution >= 0.6 is 15.9 Å². The maximum Gasteiger partial charge on any atom is 0.269 e. The van der Waals surface area contributed by atoms with E-state index in [-0.39, 0.29) is 16.5 Å². The molecule has 1 heterocycles. The van der Waals surface area contributed by atoms with Crippen LogP contribution in [0, 0.1) is 6.92 Å². The van der Waals surface area contributed by atoms with Crippen molar-refractivity contribution in [2.75, 3.05) is 0 Å². The first kappa shape index (κ1) is 15.8. The van der Waals surface area contributed by atoms with Crippen molar-refractivity contribution in [1.29, 1.82) is 0 Å². The number of rotatable bonds is 3. The summed E-state index contributed by atoms with van der Waals surface area (Å²) in [6.07, 6.45) is 2.84. The average molecular weight is 393 g/mol. The number of phenols is 1. The van der Waals surface area contributed by atoms with Gasteiger partial charge in [-0.15, -0.1) is 0 Å². The van der Waals surface area contributed by atoms with E-state index in [9.17, 15) is 13.5 Å². The van der Waals surface area contributed by atoms with Crippen LogP contribution in [-0.2, 0) is 10.0 Å². The minimum atomic E-state index is -3.74. The standard InChI is InChI=1S/C16H13BrN2O3S/c1-11-2-5-13(6-3-11)23(21,22)19-9-8-18-16(19)12-4-7-15(20)14(17)10-12/h2-10,20H,1H3. The van der Waals surface area contributed by atoms with E-state index in [1.807, 2.05) is 6.92 Å². The molecule has 0 saturated carbocycles. The smallest absolute Gasteiger partial charge is 0.269 e. The summed E-state index contributed by atoms with van der Waals surface area (Å²) < 4.78 is 27.2. The van der Waals surface area contributed by atoms with Gasteiger partial charge in [-0.1, -0.05) is 17.7 Å². The van der Waals surface area contributed by atoms with Gasteiger partial charge in [0.2, 0.25) is 0 Å². The van der Waals surface area contributed by atoms with E-state index < -0.39 is 10.0 Å². The van der Waals surface area contributed by atoms with Gasteiger partial charge in [-0.3, -0.25) is 0 Å². The van der Waals surface area contributed by atoms with E-state index in [4.69, 9.17) is 0 Å². The number of halogens is 1. The SMILES string of the molecule is Cc1ccc(S(=O)(=O)n2ccnc2-c2ccc(O)c(Br)c2)cc1. The Morgan fingerprint density at radius 2 is 1.83 bits per heavy atom. The summed E-state index contributed by atoms with van der Waals surface area (Å²) in [5, 5.41) is 9.58. The third kappa shape index (κ3) is 2.89. The molecule has 3 aromatic rings. The molecule has 0 unspecified atom stereocenters. The molecule has 2 aromatic carbocycles. The molecule has 0 aliphatic carbocycles. The summed E-state index contributed by atoms with van der Waals surface area (Å²) in [6.45, 7) is 1.90. The average Bonchev–Trinajstić information content (AvgIpc) is 3.01. The number of imidazole rings is 1. The van der Waals surface area contributed by atoms with Gasteiger partial charge in [0.05, 0.1) is 9.37 Å². The largest absolute Gasteiger partial charge is 0.507 e. The van der Waals surface area contributed by atoms with E-state index in [0.717, 1.165) is 9.54 Å². The highest BCUT2D eigenvalue weighted by atomic mass is 79.9. The van der Waals surface area contributed by atoms with Crippen molar-refractivity contribution in [3.05, 3.63) is 64.9 Å². The van der Waals surface area contributed by atoms with E-state index >= 15 is 0 Å². The second-order valence-electron chi connectivity index (χ2n) is 5.03. The molecule has 0 fully saturated rings. The molecule has 7 heteroatoms. The minimum absolute atomic E-state index is 0.0771. The maximum atomic E-state index is 12.8. The number of nitrogens with zero attached hydrogens (tertiary/aromatic N) is 2. The molecule has 23 heavy (non-hydrogen) atoms. The summed E-state index contributed by atoms with van der Waals surface area (Å²) >= 11 is 3.22. The van der Waals surface area contributed by atoms with E-state index in [0.29, 0.717) is 10.0 Å². The Morgan fingerprint density at radius 3 is 2.48 bits per heavy atom. The van der Waals surface area contributed by atoms with Crippen molar-refractivity contribution in [3.8, 4) is 17.1 Å². The quantitative estimate of drug-likeness (QED) is 0.739. The molecule has 0 radical (unpaired) electrons. The van der Waals surface area contributed by atoms with Crippen molar-refractivity contribution < 1.29 is 13.5 Å². The maximum absolute atomic E-state index is 12.8. The lowest BCUT2D eigenvalue weighted by molar-refractivity contribution is 0.472. The number of hydrogen-bond donors (Lipinski definition) is 1. The Labute approximate surface area is 142 Å². The topological polar surface area (TPSA) is 72.2 Å². The summed E-state index contributed by atoms with van der Waals surface area (Å²) in [4.78, 5) is 4.34. The van der Waals surface area contributed by atoms with Crippen molar-refractivity contribution in [3.63, 3.8) is 0 Å². The molecule has 0 aliphatic rings. The van der Waals surface area contributed by atoms with Gasteiger partial charge in [-0.2, -0.15) is 0 Å². The lowest BCUT2D eigenvalue weighted by Gasteiger charge is -2.10. The van der Waals surface area contributed by atoms with Crippen LogP contribution in [0.2, 0.25) is 0 Å². The second-order valence-corrected chi connectivity index (χ2v) is 7.70.